The summed E-state index contributed by atoms with van der Waals surface area (Å²) in [4.78, 5) is 0. The van der Waals surface area contributed by atoms with Gasteiger partial charge in [-0.2, -0.15) is 0 Å². The maximum absolute atomic E-state index is 13.5. The van der Waals surface area contributed by atoms with Crippen molar-refractivity contribution in [1.29, 1.82) is 0 Å². The molecule has 2 atom stereocenters. The molecular formula is C11H14FNO. The number of nitrogens with two attached hydrogens (primary N) is 1. The minimum atomic E-state index is -0.211. The van der Waals surface area contributed by atoms with E-state index in [1.54, 1.807) is 13.2 Å². The standard InChI is InChI=1S/C11H14FNO/c1-6-5-7-9(14-2)4-3-8(12)10(7)11(6)13/h3-4,6,11H,5,13H2,1-2H3. The van der Waals surface area contributed by atoms with Crippen molar-refractivity contribution in [3.05, 3.63) is 29.1 Å². The van der Waals surface area contributed by atoms with Crippen LogP contribution in [0, 0.1) is 11.7 Å². The summed E-state index contributed by atoms with van der Waals surface area (Å²) < 4.78 is 18.7. The van der Waals surface area contributed by atoms with Crippen molar-refractivity contribution in [1.82, 2.24) is 0 Å². The largest absolute Gasteiger partial charge is 0.496 e. The highest BCUT2D eigenvalue weighted by Gasteiger charge is 2.31. The van der Waals surface area contributed by atoms with Crippen molar-refractivity contribution in [2.45, 2.75) is 19.4 Å². The molecule has 2 nitrogen and oxygen atoms in total. The number of methoxy groups -OCH3 is 1. The van der Waals surface area contributed by atoms with Gasteiger partial charge in [-0.3, -0.25) is 0 Å². The average Bonchev–Trinajstić information content (AvgIpc) is 2.45. The van der Waals surface area contributed by atoms with Crippen LogP contribution in [-0.4, -0.2) is 7.11 Å². The van der Waals surface area contributed by atoms with Crippen LogP contribution in [0.1, 0.15) is 24.1 Å². The number of fused-ring (bicyclic) bond motifs is 1. The first-order chi connectivity index (χ1) is 6.65. The average molecular weight is 195 g/mol. The van der Waals surface area contributed by atoms with Gasteiger partial charge >= 0.3 is 0 Å². The van der Waals surface area contributed by atoms with Gasteiger partial charge in [0.15, 0.2) is 0 Å². The number of rotatable bonds is 1. The molecule has 0 saturated carbocycles. The second-order valence-corrected chi connectivity index (χ2v) is 3.85. The summed E-state index contributed by atoms with van der Waals surface area (Å²) in [6.45, 7) is 2.03. The number of ether oxygens (including phenoxy) is 1. The highest BCUT2D eigenvalue weighted by atomic mass is 19.1. The van der Waals surface area contributed by atoms with Crippen LogP contribution in [0.25, 0.3) is 0 Å². The summed E-state index contributed by atoms with van der Waals surface area (Å²) in [5.41, 5.74) is 7.49. The fourth-order valence-corrected chi connectivity index (χ4v) is 2.11. The maximum Gasteiger partial charge on any atom is 0.128 e. The van der Waals surface area contributed by atoms with Crippen molar-refractivity contribution < 1.29 is 9.13 Å². The van der Waals surface area contributed by atoms with Gasteiger partial charge in [0.2, 0.25) is 0 Å². The molecule has 1 aliphatic rings. The van der Waals surface area contributed by atoms with Crippen molar-refractivity contribution >= 4 is 0 Å². The molecule has 0 saturated heterocycles. The molecular weight excluding hydrogens is 181 g/mol. The third-order valence-electron chi connectivity index (χ3n) is 2.95. The lowest BCUT2D eigenvalue weighted by atomic mass is 10.0. The van der Waals surface area contributed by atoms with Crippen molar-refractivity contribution in [2.24, 2.45) is 11.7 Å². The van der Waals surface area contributed by atoms with E-state index < -0.39 is 0 Å². The first-order valence-electron chi connectivity index (χ1n) is 4.76. The Morgan fingerprint density at radius 3 is 2.86 bits per heavy atom. The summed E-state index contributed by atoms with van der Waals surface area (Å²) in [6, 6.07) is 2.90. The van der Waals surface area contributed by atoms with Gasteiger partial charge in [-0.25, -0.2) is 4.39 Å². The van der Waals surface area contributed by atoms with E-state index in [0.717, 1.165) is 17.7 Å². The Morgan fingerprint density at radius 1 is 1.50 bits per heavy atom. The van der Waals surface area contributed by atoms with E-state index >= 15 is 0 Å². The van der Waals surface area contributed by atoms with Crippen LogP contribution < -0.4 is 10.5 Å². The molecule has 1 aromatic rings. The van der Waals surface area contributed by atoms with E-state index in [9.17, 15) is 4.39 Å². The molecule has 14 heavy (non-hydrogen) atoms. The molecule has 0 heterocycles. The van der Waals surface area contributed by atoms with Crippen LogP contribution in [0.4, 0.5) is 4.39 Å². The van der Waals surface area contributed by atoms with Crippen LogP contribution in [0.2, 0.25) is 0 Å². The molecule has 0 aromatic heterocycles. The van der Waals surface area contributed by atoms with Gasteiger partial charge in [0, 0.05) is 17.2 Å². The zero-order valence-corrected chi connectivity index (χ0v) is 8.38. The first kappa shape index (κ1) is 9.46. The molecule has 1 aliphatic carbocycles. The van der Waals surface area contributed by atoms with Crippen LogP contribution in [0.5, 0.6) is 5.75 Å². The van der Waals surface area contributed by atoms with Crippen molar-refractivity contribution in [3.63, 3.8) is 0 Å². The molecule has 0 spiro atoms. The lowest BCUT2D eigenvalue weighted by Gasteiger charge is -2.11. The van der Waals surface area contributed by atoms with Gasteiger partial charge in [-0.15, -0.1) is 0 Å². The smallest absolute Gasteiger partial charge is 0.128 e. The van der Waals surface area contributed by atoms with Gasteiger partial charge in [0.1, 0.15) is 11.6 Å². The van der Waals surface area contributed by atoms with Gasteiger partial charge in [-0.1, -0.05) is 6.92 Å². The Hall–Kier alpha value is -1.09. The molecule has 0 radical (unpaired) electrons. The second kappa shape index (κ2) is 3.24. The maximum atomic E-state index is 13.5. The molecule has 0 fully saturated rings. The van der Waals surface area contributed by atoms with Crippen LogP contribution in [-0.2, 0) is 6.42 Å². The number of halogens is 1. The summed E-state index contributed by atoms with van der Waals surface area (Å²) in [7, 11) is 1.60. The highest BCUT2D eigenvalue weighted by molar-refractivity contribution is 5.46. The molecule has 2 rings (SSSR count). The van der Waals surface area contributed by atoms with Gasteiger partial charge in [-0.05, 0) is 24.5 Å². The monoisotopic (exact) mass is 195 g/mol. The zero-order chi connectivity index (χ0) is 10.3. The third kappa shape index (κ3) is 1.20. The summed E-state index contributed by atoms with van der Waals surface area (Å²) >= 11 is 0. The van der Waals surface area contributed by atoms with E-state index in [-0.39, 0.29) is 17.8 Å². The molecule has 0 bridgehead atoms. The number of hydrogen-bond acceptors (Lipinski definition) is 2. The number of hydrogen-bond donors (Lipinski definition) is 1. The minimum absolute atomic E-state index is 0.194. The molecule has 2 N–H and O–H groups in total. The Bertz CT molecular complexity index is 365. The fraction of sp³-hybridized carbons (Fsp3) is 0.455. The predicted molar refractivity (Wildman–Crippen MR) is 52.7 cm³/mol. The summed E-state index contributed by atoms with van der Waals surface area (Å²) in [5.74, 6) is 0.828. The van der Waals surface area contributed by atoms with E-state index in [2.05, 4.69) is 0 Å². The van der Waals surface area contributed by atoms with Crippen molar-refractivity contribution in [2.75, 3.05) is 7.11 Å². The first-order valence-corrected chi connectivity index (χ1v) is 4.76. The lowest BCUT2D eigenvalue weighted by molar-refractivity contribution is 0.408. The van der Waals surface area contributed by atoms with Crippen LogP contribution in [0.3, 0.4) is 0 Å². The topological polar surface area (TPSA) is 35.2 Å². The van der Waals surface area contributed by atoms with Crippen LogP contribution >= 0.6 is 0 Å². The van der Waals surface area contributed by atoms with Gasteiger partial charge < -0.3 is 10.5 Å². The summed E-state index contributed by atoms with van der Waals surface area (Å²) in [5, 5.41) is 0. The molecule has 1 aromatic carbocycles. The highest BCUT2D eigenvalue weighted by Crippen LogP contribution is 2.40. The van der Waals surface area contributed by atoms with E-state index in [1.807, 2.05) is 6.92 Å². The Labute approximate surface area is 82.9 Å². The van der Waals surface area contributed by atoms with Gasteiger partial charge in [0.25, 0.3) is 0 Å². The molecule has 2 unspecified atom stereocenters. The fourth-order valence-electron chi connectivity index (χ4n) is 2.11. The van der Waals surface area contributed by atoms with Crippen molar-refractivity contribution in [3.8, 4) is 5.75 Å². The molecule has 3 heteroatoms. The van der Waals surface area contributed by atoms with E-state index in [0.29, 0.717) is 5.56 Å². The van der Waals surface area contributed by atoms with E-state index in [1.165, 1.54) is 6.07 Å². The van der Waals surface area contributed by atoms with Gasteiger partial charge in [0.05, 0.1) is 7.11 Å². The number of benzene rings is 1. The third-order valence-corrected chi connectivity index (χ3v) is 2.95. The van der Waals surface area contributed by atoms with E-state index in [4.69, 9.17) is 10.5 Å². The normalized spacial score (nSPS) is 24.9. The SMILES string of the molecule is COc1ccc(F)c2c1CC(C)C2N. The Morgan fingerprint density at radius 2 is 2.21 bits per heavy atom. The summed E-state index contributed by atoms with van der Waals surface area (Å²) in [6.07, 6.45) is 0.803. The lowest BCUT2D eigenvalue weighted by Crippen LogP contribution is -2.14. The van der Waals surface area contributed by atoms with Crippen LogP contribution in [0.15, 0.2) is 12.1 Å². The minimum Gasteiger partial charge on any atom is -0.496 e. The Kier molecular flexibility index (Phi) is 2.19. The second-order valence-electron chi connectivity index (χ2n) is 3.85. The predicted octanol–water partition coefficient (Wildman–Crippen LogP) is 2.03. The zero-order valence-electron chi connectivity index (χ0n) is 8.38. The molecule has 76 valence electrons. The molecule has 0 amide bonds. The molecule has 0 aliphatic heterocycles. The Balaban J connectivity index is 2.58. The quantitative estimate of drug-likeness (QED) is 0.744.